The van der Waals surface area contributed by atoms with E-state index in [9.17, 15) is 14.4 Å². The molecular formula is C19H15ClN4O3. The van der Waals surface area contributed by atoms with Crippen molar-refractivity contribution < 1.29 is 14.4 Å². The lowest BCUT2D eigenvalue weighted by atomic mass is 9.91. The van der Waals surface area contributed by atoms with Gasteiger partial charge < -0.3 is 10.6 Å². The predicted octanol–water partition coefficient (Wildman–Crippen LogP) is 2.62. The molecule has 0 saturated carbocycles. The first-order valence-corrected chi connectivity index (χ1v) is 8.41. The zero-order valence-corrected chi connectivity index (χ0v) is 15.1. The molecule has 0 spiro atoms. The van der Waals surface area contributed by atoms with Gasteiger partial charge in [-0.05, 0) is 48.9 Å². The number of hydrogen-bond donors (Lipinski definition) is 2. The second kappa shape index (κ2) is 7.09. The van der Waals surface area contributed by atoms with Crippen LogP contribution in [0.2, 0.25) is 5.02 Å². The van der Waals surface area contributed by atoms with E-state index in [1.54, 1.807) is 55.5 Å². The highest BCUT2D eigenvalue weighted by Crippen LogP contribution is 2.29. The van der Waals surface area contributed by atoms with Crippen LogP contribution in [0.3, 0.4) is 0 Å². The number of halogens is 1. The van der Waals surface area contributed by atoms with Gasteiger partial charge in [-0.1, -0.05) is 23.7 Å². The number of anilines is 1. The fourth-order valence-corrected chi connectivity index (χ4v) is 2.92. The summed E-state index contributed by atoms with van der Waals surface area (Å²) in [6.07, 6.45) is 0. The van der Waals surface area contributed by atoms with Crippen LogP contribution in [0, 0.1) is 11.3 Å². The van der Waals surface area contributed by atoms with Crippen molar-refractivity contribution in [1.82, 2.24) is 10.2 Å². The molecule has 1 heterocycles. The van der Waals surface area contributed by atoms with Gasteiger partial charge >= 0.3 is 6.03 Å². The van der Waals surface area contributed by atoms with Gasteiger partial charge in [-0.15, -0.1) is 0 Å². The van der Waals surface area contributed by atoms with Crippen molar-refractivity contribution in [1.29, 1.82) is 5.26 Å². The van der Waals surface area contributed by atoms with Crippen molar-refractivity contribution in [3.8, 4) is 6.07 Å². The molecule has 4 amide bonds. The zero-order chi connectivity index (χ0) is 19.6. The molecule has 136 valence electrons. The normalized spacial score (nSPS) is 18.8. The molecule has 1 aliphatic rings. The first-order chi connectivity index (χ1) is 12.8. The van der Waals surface area contributed by atoms with E-state index in [0.717, 1.165) is 4.90 Å². The molecule has 3 rings (SSSR count). The summed E-state index contributed by atoms with van der Waals surface area (Å²) in [4.78, 5) is 38.2. The lowest BCUT2D eigenvalue weighted by Gasteiger charge is -2.22. The largest absolute Gasteiger partial charge is 0.325 e. The molecule has 0 aromatic heterocycles. The maximum absolute atomic E-state index is 12.8. The van der Waals surface area contributed by atoms with Crippen molar-refractivity contribution in [3.05, 3.63) is 64.7 Å². The molecule has 1 fully saturated rings. The zero-order valence-electron chi connectivity index (χ0n) is 14.3. The Morgan fingerprint density at radius 3 is 2.41 bits per heavy atom. The Morgan fingerprint density at radius 2 is 1.81 bits per heavy atom. The fourth-order valence-electron chi connectivity index (χ4n) is 2.79. The quantitative estimate of drug-likeness (QED) is 0.793. The average Bonchev–Trinajstić information content (AvgIpc) is 2.88. The number of rotatable bonds is 4. The highest BCUT2D eigenvalue weighted by atomic mass is 35.5. The molecule has 2 aromatic carbocycles. The summed E-state index contributed by atoms with van der Waals surface area (Å²) in [6.45, 7) is 1.14. The van der Waals surface area contributed by atoms with Gasteiger partial charge in [-0.3, -0.25) is 14.5 Å². The molecule has 2 aromatic rings. The first kappa shape index (κ1) is 18.4. The monoisotopic (exact) mass is 382 g/mol. The third kappa shape index (κ3) is 3.61. The van der Waals surface area contributed by atoms with Crippen LogP contribution in [0.25, 0.3) is 0 Å². The lowest BCUT2D eigenvalue weighted by molar-refractivity contribution is -0.133. The second-order valence-electron chi connectivity index (χ2n) is 6.19. The van der Waals surface area contributed by atoms with Gasteiger partial charge in [0.2, 0.25) is 5.91 Å². The van der Waals surface area contributed by atoms with Gasteiger partial charge in [-0.25, -0.2) is 4.79 Å². The molecule has 1 saturated heterocycles. The number of urea groups is 1. The van der Waals surface area contributed by atoms with Crippen molar-refractivity contribution in [2.45, 2.75) is 12.5 Å². The summed E-state index contributed by atoms with van der Waals surface area (Å²) in [5, 5.41) is 14.6. The molecule has 7 nitrogen and oxygen atoms in total. The van der Waals surface area contributed by atoms with Crippen molar-refractivity contribution in [3.63, 3.8) is 0 Å². The van der Waals surface area contributed by atoms with Crippen LogP contribution in [0.15, 0.2) is 48.5 Å². The molecule has 0 aliphatic carbocycles. The van der Waals surface area contributed by atoms with E-state index in [4.69, 9.17) is 16.9 Å². The standard InChI is InChI=1S/C19H15ClN4O3/c1-19(13-4-2-12(10-21)3-5-13)17(26)24(18(27)23-19)11-16(25)22-15-8-6-14(20)7-9-15/h2-9H,11H2,1H3,(H,22,25)(H,23,27). The van der Waals surface area contributed by atoms with Crippen LogP contribution in [-0.2, 0) is 15.1 Å². The summed E-state index contributed by atoms with van der Waals surface area (Å²) in [5.41, 5.74) is 0.177. The predicted molar refractivity (Wildman–Crippen MR) is 98.8 cm³/mol. The summed E-state index contributed by atoms with van der Waals surface area (Å²) in [6, 6.07) is 14.2. The Labute approximate surface area is 160 Å². The lowest BCUT2D eigenvalue weighted by Crippen LogP contribution is -2.42. The Kier molecular flexibility index (Phi) is 4.84. The topological polar surface area (TPSA) is 102 Å². The van der Waals surface area contributed by atoms with Gasteiger partial charge in [0.05, 0.1) is 11.6 Å². The number of nitrogens with one attached hydrogen (secondary N) is 2. The molecular weight excluding hydrogens is 368 g/mol. The number of imide groups is 1. The molecule has 1 atom stereocenters. The molecule has 2 N–H and O–H groups in total. The van der Waals surface area contributed by atoms with E-state index in [0.29, 0.717) is 21.8 Å². The van der Waals surface area contributed by atoms with Gasteiger partial charge in [0.1, 0.15) is 12.1 Å². The van der Waals surface area contributed by atoms with E-state index in [1.165, 1.54) is 0 Å². The van der Waals surface area contributed by atoms with Crippen molar-refractivity contribution in [2.24, 2.45) is 0 Å². The second-order valence-corrected chi connectivity index (χ2v) is 6.63. The van der Waals surface area contributed by atoms with Gasteiger partial charge in [-0.2, -0.15) is 5.26 Å². The van der Waals surface area contributed by atoms with Crippen LogP contribution in [0.5, 0.6) is 0 Å². The first-order valence-electron chi connectivity index (χ1n) is 8.03. The number of nitrogens with zero attached hydrogens (tertiary/aromatic N) is 2. The van der Waals surface area contributed by atoms with E-state index in [2.05, 4.69) is 10.6 Å². The molecule has 8 heteroatoms. The Balaban J connectivity index is 1.74. The number of hydrogen-bond acceptors (Lipinski definition) is 4. The Morgan fingerprint density at radius 1 is 1.19 bits per heavy atom. The molecule has 1 aliphatic heterocycles. The van der Waals surface area contributed by atoms with E-state index >= 15 is 0 Å². The van der Waals surface area contributed by atoms with Crippen molar-refractivity contribution >= 4 is 35.1 Å². The fraction of sp³-hybridized carbons (Fsp3) is 0.158. The van der Waals surface area contributed by atoms with Gasteiger partial charge in [0.15, 0.2) is 0 Å². The minimum absolute atomic E-state index is 0.417. The SMILES string of the molecule is CC1(c2ccc(C#N)cc2)NC(=O)N(CC(=O)Nc2ccc(Cl)cc2)C1=O. The van der Waals surface area contributed by atoms with Gasteiger partial charge in [0, 0.05) is 10.7 Å². The van der Waals surface area contributed by atoms with E-state index in [-0.39, 0.29) is 0 Å². The van der Waals surface area contributed by atoms with Crippen LogP contribution in [0.4, 0.5) is 10.5 Å². The van der Waals surface area contributed by atoms with Crippen LogP contribution >= 0.6 is 11.6 Å². The Hall–Kier alpha value is -3.37. The minimum Gasteiger partial charge on any atom is -0.325 e. The maximum Gasteiger partial charge on any atom is 0.325 e. The third-order valence-corrected chi connectivity index (χ3v) is 4.55. The summed E-state index contributed by atoms with van der Waals surface area (Å²) in [5.74, 6) is -1.05. The third-order valence-electron chi connectivity index (χ3n) is 4.30. The minimum atomic E-state index is -1.30. The van der Waals surface area contributed by atoms with Crippen LogP contribution in [0.1, 0.15) is 18.1 Å². The molecule has 0 bridgehead atoms. The summed E-state index contributed by atoms with van der Waals surface area (Å²) in [7, 11) is 0. The highest BCUT2D eigenvalue weighted by Gasteiger charge is 2.49. The van der Waals surface area contributed by atoms with E-state index < -0.39 is 29.9 Å². The summed E-state index contributed by atoms with van der Waals surface area (Å²) >= 11 is 5.80. The van der Waals surface area contributed by atoms with Crippen LogP contribution < -0.4 is 10.6 Å². The Bertz CT molecular complexity index is 950. The molecule has 0 radical (unpaired) electrons. The molecule has 27 heavy (non-hydrogen) atoms. The number of amides is 4. The van der Waals surface area contributed by atoms with Crippen molar-refractivity contribution in [2.75, 3.05) is 11.9 Å². The van der Waals surface area contributed by atoms with Crippen LogP contribution in [-0.4, -0.2) is 29.3 Å². The van der Waals surface area contributed by atoms with Gasteiger partial charge in [0.25, 0.3) is 5.91 Å². The number of benzene rings is 2. The highest BCUT2D eigenvalue weighted by molar-refractivity contribution is 6.30. The maximum atomic E-state index is 12.8. The smallest absolute Gasteiger partial charge is 0.325 e. The summed E-state index contributed by atoms with van der Waals surface area (Å²) < 4.78 is 0. The van der Waals surface area contributed by atoms with E-state index in [1.807, 2.05) is 6.07 Å². The number of carbonyl (C=O) groups is 3. The number of nitriles is 1. The number of carbonyl (C=O) groups excluding carboxylic acids is 3. The molecule has 1 unspecified atom stereocenters. The average molecular weight is 383 g/mol.